The Bertz CT molecular complexity index is 972. The molecule has 1 aliphatic rings. The van der Waals surface area contributed by atoms with Gasteiger partial charge in [0.15, 0.2) is 5.82 Å². The van der Waals surface area contributed by atoms with E-state index in [-0.39, 0.29) is 12.3 Å². The molecule has 1 aliphatic heterocycles. The van der Waals surface area contributed by atoms with E-state index in [1.54, 1.807) is 6.20 Å². The number of hydrogen-bond acceptors (Lipinski definition) is 6. The molecule has 0 unspecified atom stereocenters. The van der Waals surface area contributed by atoms with Gasteiger partial charge in [0, 0.05) is 30.2 Å². The molecule has 0 spiro atoms. The minimum Gasteiger partial charge on any atom is -0.378 e. The van der Waals surface area contributed by atoms with E-state index in [0.29, 0.717) is 29.6 Å². The second-order valence-electron chi connectivity index (χ2n) is 6.32. The third-order valence-corrected chi connectivity index (χ3v) is 5.62. The predicted molar refractivity (Wildman–Crippen MR) is 112 cm³/mol. The Morgan fingerprint density at radius 2 is 2.04 bits per heavy atom. The molecule has 4 rings (SSSR count). The highest BCUT2D eigenvalue weighted by Crippen LogP contribution is 2.30. The summed E-state index contributed by atoms with van der Waals surface area (Å²) in [4.78, 5) is 23.7. The predicted octanol–water partition coefficient (Wildman–Crippen LogP) is 3.88. The quantitative estimate of drug-likeness (QED) is 0.686. The zero-order valence-electron chi connectivity index (χ0n) is 15.1. The van der Waals surface area contributed by atoms with Crippen LogP contribution in [-0.2, 0) is 16.0 Å². The number of hydrogen-bond donors (Lipinski definition) is 1. The van der Waals surface area contributed by atoms with Gasteiger partial charge in [-0.3, -0.25) is 4.79 Å². The van der Waals surface area contributed by atoms with Crippen molar-refractivity contribution in [2.24, 2.45) is 0 Å². The summed E-state index contributed by atoms with van der Waals surface area (Å²) in [7, 11) is 0. The number of thiazole rings is 1. The van der Waals surface area contributed by atoms with E-state index >= 15 is 0 Å². The van der Waals surface area contributed by atoms with Gasteiger partial charge in [-0.05, 0) is 18.2 Å². The number of carbonyl (C=O) groups is 1. The zero-order valence-corrected chi connectivity index (χ0v) is 16.7. The van der Waals surface area contributed by atoms with Crippen LogP contribution in [0.15, 0.2) is 48.0 Å². The number of morpholine rings is 1. The number of ether oxygens (including phenoxy) is 1. The summed E-state index contributed by atoms with van der Waals surface area (Å²) in [5.41, 5.74) is 2.30. The van der Waals surface area contributed by atoms with Crippen LogP contribution in [0.2, 0.25) is 5.02 Å². The number of nitrogens with zero attached hydrogens (tertiary/aromatic N) is 3. The molecular formula is C20H19ClN4O2S. The molecule has 8 heteroatoms. The van der Waals surface area contributed by atoms with E-state index in [9.17, 15) is 4.79 Å². The lowest BCUT2D eigenvalue weighted by Gasteiger charge is -2.29. The standard InChI is InChI=1S/C20H19ClN4O2S/c21-16-5-2-1-4-15(16)20-23-14(13-28-20)12-18(26)24-17-6-3-7-22-19(17)25-8-10-27-11-9-25/h1-7,13H,8-12H2,(H,24,26). The molecule has 0 saturated carbocycles. The van der Waals surface area contributed by atoms with Crippen LogP contribution in [0.5, 0.6) is 0 Å². The van der Waals surface area contributed by atoms with Crippen LogP contribution in [0, 0.1) is 0 Å². The smallest absolute Gasteiger partial charge is 0.230 e. The average molecular weight is 415 g/mol. The topological polar surface area (TPSA) is 67.4 Å². The van der Waals surface area contributed by atoms with Gasteiger partial charge < -0.3 is 15.0 Å². The van der Waals surface area contributed by atoms with Crippen molar-refractivity contribution in [2.45, 2.75) is 6.42 Å². The number of aromatic nitrogens is 2. The Kier molecular flexibility index (Phi) is 5.85. The first-order valence-corrected chi connectivity index (χ1v) is 10.2. The summed E-state index contributed by atoms with van der Waals surface area (Å²) in [6.45, 7) is 2.83. The van der Waals surface area contributed by atoms with Crippen molar-refractivity contribution in [1.29, 1.82) is 0 Å². The van der Waals surface area contributed by atoms with E-state index in [2.05, 4.69) is 20.2 Å². The van der Waals surface area contributed by atoms with Crippen LogP contribution in [0.4, 0.5) is 11.5 Å². The monoisotopic (exact) mass is 414 g/mol. The highest BCUT2D eigenvalue weighted by molar-refractivity contribution is 7.13. The van der Waals surface area contributed by atoms with Gasteiger partial charge in [-0.2, -0.15) is 0 Å². The van der Waals surface area contributed by atoms with Crippen LogP contribution in [0.25, 0.3) is 10.6 Å². The number of rotatable bonds is 5. The van der Waals surface area contributed by atoms with Gasteiger partial charge >= 0.3 is 0 Å². The molecule has 3 aromatic rings. The number of benzene rings is 1. The van der Waals surface area contributed by atoms with Crippen LogP contribution in [0.3, 0.4) is 0 Å². The Morgan fingerprint density at radius 1 is 1.21 bits per heavy atom. The van der Waals surface area contributed by atoms with Crippen LogP contribution in [-0.4, -0.2) is 42.2 Å². The lowest BCUT2D eigenvalue weighted by molar-refractivity contribution is -0.115. The fourth-order valence-corrected chi connectivity index (χ4v) is 4.17. The van der Waals surface area contributed by atoms with Crippen molar-refractivity contribution in [1.82, 2.24) is 9.97 Å². The zero-order chi connectivity index (χ0) is 19.3. The molecule has 1 N–H and O–H groups in total. The van der Waals surface area contributed by atoms with E-state index in [4.69, 9.17) is 16.3 Å². The van der Waals surface area contributed by atoms with Crippen molar-refractivity contribution in [3.05, 3.63) is 58.7 Å². The second-order valence-corrected chi connectivity index (χ2v) is 7.59. The molecule has 0 atom stereocenters. The maximum absolute atomic E-state index is 12.6. The average Bonchev–Trinajstić information content (AvgIpc) is 3.17. The fourth-order valence-electron chi connectivity index (χ4n) is 3.03. The Labute approximate surface area is 172 Å². The second kappa shape index (κ2) is 8.68. The van der Waals surface area contributed by atoms with Crippen molar-refractivity contribution in [2.75, 3.05) is 36.5 Å². The lowest BCUT2D eigenvalue weighted by atomic mass is 10.2. The Morgan fingerprint density at radius 3 is 2.86 bits per heavy atom. The molecule has 0 aliphatic carbocycles. The Hall–Kier alpha value is -2.48. The molecule has 1 aromatic carbocycles. The summed E-state index contributed by atoms with van der Waals surface area (Å²) in [5, 5.41) is 6.32. The first kappa shape index (κ1) is 18.9. The summed E-state index contributed by atoms with van der Waals surface area (Å²) >= 11 is 7.72. The molecular weight excluding hydrogens is 396 g/mol. The minimum absolute atomic E-state index is 0.126. The third kappa shape index (κ3) is 4.32. The van der Waals surface area contributed by atoms with Gasteiger partial charge in [0.1, 0.15) is 5.01 Å². The first-order chi connectivity index (χ1) is 13.7. The number of pyridine rings is 1. The first-order valence-electron chi connectivity index (χ1n) is 8.97. The van der Waals surface area contributed by atoms with E-state index in [1.807, 2.05) is 41.8 Å². The molecule has 144 valence electrons. The molecule has 3 heterocycles. The van der Waals surface area contributed by atoms with E-state index in [1.165, 1.54) is 11.3 Å². The van der Waals surface area contributed by atoms with Crippen molar-refractivity contribution >= 4 is 40.4 Å². The highest BCUT2D eigenvalue weighted by atomic mass is 35.5. The largest absolute Gasteiger partial charge is 0.378 e. The molecule has 6 nitrogen and oxygen atoms in total. The molecule has 1 amide bonds. The number of carbonyl (C=O) groups excluding carboxylic acids is 1. The maximum Gasteiger partial charge on any atom is 0.230 e. The normalized spacial score (nSPS) is 14.1. The van der Waals surface area contributed by atoms with Crippen molar-refractivity contribution < 1.29 is 9.53 Å². The number of amides is 1. The van der Waals surface area contributed by atoms with Gasteiger partial charge in [0.25, 0.3) is 0 Å². The summed E-state index contributed by atoms with van der Waals surface area (Å²) < 4.78 is 5.40. The number of anilines is 2. The highest BCUT2D eigenvalue weighted by Gasteiger charge is 2.18. The van der Waals surface area contributed by atoms with Gasteiger partial charge in [-0.15, -0.1) is 11.3 Å². The van der Waals surface area contributed by atoms with E-state index in [0.717, 1.165) is 29.5 Å². The molecule has 1 fully saturated rings. The fraction of sp³-hybridized carbons (Fsp3) is 0.250. The van der Waals surface area contributed by atoms with Crippen LogP contribution >= 0.6 is 22.9 Å². The number of halogens is 1. The van der Waals surface area contributed by atoms with Gasteiger partial charge in [0.05, 0.1) is 36.0 Å². The lowest BCUT2D eigenvalue weighted by Crippen LogP contribution is -2.37. The molecule has 28 heavy (non-hydrogen) atoms. The van der Waals surface area contributed by atoms with Crippen LogP contribution in [0.1, 0.15) is 5.69 Å². The van der Waals surface area contributed by atoms with Gasteiger partial charge in [0.2, 0.25) is 5.91 Å². The SMILES string of the molecule is O=C(Cc1csc(-c2ccccc2Cl)n1)Nc1cccnc1N1CCOCC1. The molecule has 2 aromatic heterocycles. The summed E-state index contributed by atoms with van der Waals surface area (Å²) in [6.07, 6.45) is 1.93. The Balaban J connectivity index is 1.45. The van der Waals surface area contributed by atoms with Gasteiger partial charge in [-0.25, -0.2) is 9.97 Å². The van der Waals surface area contributed by atoms with Crippen molar-refractivity contribution in [3.63, 3.8) is 0 Å². The molecule has 0 radical (unpaired) electrons. The third-order valence-electron chi connectivity index (χ3n) is 4.37. The molecule has 0 bridgehead atoms. The maximum atomic E-state index is 12.6. The van der Waals surface area contributed by atoms with Gasteiger partial charge in [-0.1, -0.05) is 29.8 Å². The van der Waals surface area contributed by atoms with E-state index < -0.39 is 0 Å². The number of nitrogens with one attached hydrogen (secondary N) is 1. The summed E-state index contributed by atoms with van der Waals surface area (Å²) in [5.74, 6) is 0.646. The minimum atomic E-state index is -0.126. The summed E-state index contributed by atoms with van der Waals surface area (Å²) in [6, 6.07) is 11.2. The van der Waals surface area contributed by atoms with Crippen molar-refractivity contribution in [3.8, 4) is 10.6 Å². The molecule has 1 saturated heterocycles. The van der Waals surface area contributed by atoms with Crippen LogP contribution < -0.4 is 10.2 Å².